The molecule has 1 saturated heterocycles. The van der Waals surface area contributed by atoms with Gasteiger partial charge in [-0.25, -0.2) is 4.79 Å². The molecule has 0 radical (unpaired) electrons. The summed E-state index contributed by atoms with van der Waals surface area (Å²) < 4.78 is 0. The number of carbonyl (C=O) groups excluding carboxylic acids is 3. The first-order chi connectivity index (χ1) is 13.4. The summed E-state index contributed by atoms with van der Waals surface area (Å²) >= 11 is 6.06. The molecular weight excluding hydrogens is 378 g/mol. The molecule has 1 aliphatic rings. The molecule has 1 fully saturated rings. The Hall–Kier alpha value is -2.86. The molecule has 0 saturated carbocycles. The number of urea groups is 1. The molecule has 2 unspecified atom stereocenters. The van der Waals surface area contributed by atoms with E-state index in [0.717, 1.165) is 11.1 Å². The zero-order valence-corrected chi connectivity index (χ0v) is 16.5. The molecule has 0 spiro atoms. The molecule has 6 nitrogen and oxygen atoms in total. The van der Waals surface area contributed by atoms with Crippen molar-refractivity contribution in [3.05, 3.63) is 64.7 Å². The third-order valence-electron chi connectivity index (χ3n) is 4.84. The summed E-state index contributed by atoms with van der Waals surface area (Å²) in [5.41, 5.74) is 2.40. The van der Waals surface area contributed by atoms with Crippen molar-refractivity contribution in [2.45, 2.75) is 38.8 Å². The van der Waals surface area contributed by atoms with Crippen LogP contribution >= 0.6 is 11.6 Å². The summed E-state index contributed by atoms with van der Waals surface area (Å²) in [5.74, 6) is -0.552. The predicted molar refractivity (Wildman–Crippen MR) is 108 cm³/mol. The van der Waals surface area contributed by atoms with E-state index < -0.39 is 12.1 Å². The average Bonchev–Trinajstić information content (AvgIpc) is 2.96. The molecule has 1 heterocycles. The van der Waals surface area contributed by atoms with Crippen molar-refractivity contribution < 1.29 is 14.4 Å². The van der Waals surface area contributed by atoms with Gasteiger partial charge in [0, 0.05) is 17.1 Å². The number of aryl methyl sites for hydroxylation is 1. The Balaban J connectivity index is 1.58. The normalized spacial score (nSPS) is 17.4. The summed E-state index contributed by atoms with van der Waals surface area (Å²) in [6.45, 7) is 3.69. The van der Waals surface area contributed by atoms with Crippen molar-refractivity contribution in [2.75, 3.05) is 5.32 Å². The van der Waals surface area contributed by atoms with Crippen LogP contribution in [0.2, 0.25) is 5.02 Å². The van der Waals surface area contributed by atoms with E-state index in [1.54, 1.807) is 12.1 Å². The minimum absolute atomic E-state index is 0.107. The number of halogens is 1. The molecule has 0 aliphatic carbocycles. The van der Waals surface area contributed by atoms with Gasteiger partial charge in [0.15, 0.2) is 0 Å². The molecule has 3 rings (SSSR count). The van der Waals surface area contributed by atoms with E-state index in [9.17, 15) is 14.4 Å². The minimum Gasteiger partial charge on any atom is -0.326 e. The molecule has 2 aromatic carbocycles. The molecule has 4 amide bonds. The lowest BCUT2D eigenvalue weighted by atomic mass is 10.1. The Labute approximate surface area is 168 Å². The standard InChI is InChI=1S/C21H22ClN3O3/c1-13-8-9-16(12-17(13)22)23-19(26)11-10-18-20(27)25(21(28)24-18)14(2)15-6-4-3-5-7-15/h3-9,12,14,18H,10-11H2,1-2H3,(H,23,26)(H,24,28). The second-order valence-corrected chi connectivity index (χ2v) is 7.25. The second-order valence-electron chi connectivity index (χ2n) is 6.85. The Morgan fingerprint density at radius 1 is 1.21 bits per heavy atom. The van der Waals surface area contributed by atoms with Gasteiger partial charge in [-0.15, -0.1) is 0 Å². The molecule has 146 valence electrons. The van der Waals surface area contributed by atoms with Gasteiger partial charge in [-0.1, -0.05) is 48.0 Å². The first kappa shape index (κ1) is 19.9. The maximum absolute atomic E-state index is 12.7. The van der Waals surface area contributed by atoms with Crippen LogP contribution in [0.15, 0.2) is 48.5 Å². The Kier molecular flexibility index (Phi) is 5.99. The zero-order chi connectivity index (χ0) is 20.3. The molecule has 2 aromatic rings. The molecule has 2 N–H and O–H groups in total. The lowest BCUT2D eigenvalue weighted by molar-refractivity contribution is -0.129. The molecule has 2 atom stereocenters. The minimum atomic E-state index is -0.703. The third kappa shape index (κ3) is 4.34. The highest BCUT2D eigenvalue weighted by molar-refractivity contribution is 6.31. The largest absolute Gasteiger partial charge is 0.326 e. The number of amides is 4. The highest BCUT2D eigenvalue weighted by Gasteiger charge is 2.40. The quantitative estimate of drug-likeness (QED) is 0.719. The van der Waals surface area contributed by atoms with Crippen molar-refractivity contribution in [3.63, 3.8) is 0 Å². The highest BCUT2D eigenvalue weighted by atomic mass is 35.5. The van der Waals surface area contributed by atoms with Gasteiger partial charge in [-0.2, -0.15) is 0 Å². The van der Waals surface area contributed by atoms with Crippen LogP contribution < -0.4 is 10.6 Å². The van der Waals surface area contributed by atoms with Crippen LogP contribution in [0.1, 0.15) is 36.9 Å². The van der Waals surface area contributed by atoms with Crippen molar-refractivity contribution in [1.29, 1.82) is 0 Å². The number of benzene rings is 2. The number of imide groups is 1. The van der Waals surface area contributed by atoms with Crippen molar-refractivity contribution >= 4 is 35.1 Å². The summed E-state index contributed by atoms with van der Waals surface area (Å²) in [5, 5.41) is 6.01. The second kappa shape index (κ2) is 8.44. The number of nitrogens with zero attached hydrogens (tertiary/aromatic N) is 1. The maximum Gasteiger partial charge on any atom is 0.325 e. The lowest BCUT2D eigenvalue weighted by Crippen LogP contribution is -2.34. The fourth-order valence-electron chi connectivity index (χ4n) is 3.16. The topological polar surface area (TPSA) is 78.5 Å². The van der Waals surface area contributed by atoms with E-state index in [4.69, 9.17) is 11.6 Å². The molecule has 1 aliphatic heterocycles. The van der Waals surface area contributed by atoms with E-state index in [1.807, 2.05) is 50.2 Å². The van der Waals surface area contributed by atoms with Crippen molar-refractivity contribution in [1.82, 2.24) is 10.2 Å². The van der Waals surface area contributed by atoms with E-state index in [1.165, 1.54) is 4.90 Å². The number of hydrogen-bond acceptors (Lipinski definition) is 3. The monoisotopic (exact) mass is 399 g/mol. The number of rotatable bonds is 6. The lowest BCUT2D eigenvalue weighted by Gasteiger charge is -2.21. The first-order valence-electron chi connectivity index (χ1n) is 9.11. The fraction of sp³-hybridized carbons (Fsp3) is 0.286. The number of hydrogen-bond donors (Lipinski definition) is 2. The van der Waals surface area contributed by atoms with Crippen LogP contribution in [-0.2, 0) is 9.59 Å². The van der Waals surface area contributed by atoms with Gasteiger partial charge in [-0.05, 0) is 43.5 Å². The van der Waals surface area contributed by atoms with Crippen LogP contribution in [0.5, 0.6) is 0 Å². The number of carbonyl (C=O) groups is 3. The highest BCUT2D eigenvalue weighted by Crippen LogP contribution is 2.25. The smallest absolute Gasteiger partial charge is 0.325 e. The van der Waals surface area contributed by atoms with Crippen LogP contribution in [-0.4, -0.2) is 28.8 Å². The van der Waals surface area contributed by atoms with Gasteiger partial charge >= 0.3 is 6.03 Å². The number of nitrogens with one attached hydrogen (secondary N) is 2. The van der Waals surface area contributed by atoms with E-state index >= 15 is 0 Å². The summed E-state index contributed by atoms with van der Waals surface area (Å²) in [6, 6.07) is 13.1. The SMILES string of the molecule is Cc1ccc(NC(=O)CCC2NC(=O)N(C(C)c3ccccc3)C2=O)cc1Cl. The molecule has 0 bridgehead atoms. The third-order valence-corrected chi connectivity index (χ3v) is 5.24. The van der Waals surface area contributed by atoms with Gasteiger partial charge in [-0.3, -0.25) is 14.5 Å². The number of anilines is 1. The predicted octanol–water partition coefficient (Wildman–Crippen LogP) is 4.05. The molecule has 28 heavy (non-hydrogen) atoms. The summed E-state index contributed by atoms with van der Waals surface area (Å²) in [4.78, 5) is 38.4. The Bertz CT molecular complexity index is 901. The van der Waals surface area contributed by atoms with Gasteiger partial charge in [0.25, 0.3) is 5.91 Å². The van der Waals surface area contributed by atoms with Crippen molar-refractivity contribution in [3.8, 4) is 0 Å². The van der Waals surface area contributed by atoms with Gasteiger partial charge in [0.1, 0.15) is 6.04 Å². The fourth-order valence-corrected chi connectivity index (χ4v) is 3.34. The van der Waals surface area contributed by atoms with E-state index in [2.05, 4.69) is 10.6 Å². The summed E-state index contributed by atoms with van der Waals surface area (Å²) in [7, 11) is 0. The van der Waals surface area contributed by atoms with Crippen LogP contribution in [0, 0.1) is 6.92 Å². The Morgan fingerprint density at radius 2 is 1.93 bits per heavy atom. The van der Waals surface area contributed by atoms with Gasteiger partial charge < -0.3 is 10.6 Å². The molecular formula is C21H22ClN3O3. The van der Waals surface area contributed by atoms with Crippen LogP contribution in [0.4, 0.5) is 10.5 Å². The maximum atomic E-state index is 12.7. The van der Waals surface area contributed by atoms with Crippen molar-refractivity contribution in [2.24, 2.45) is 0 Å². The van der Waals surface area contributed by atoms with Crippen LogP contribution in [0.3, 0.4) is 0 Å². The van der Waals surface area contributed by atoms with E-state index in [0.29, 0.717) is 10.7 Å². The van der Waals surface area contributed by atoms with E-state index in [-0.39, 0.29) is 30.7 Å². The van der Waals surface area contributed by atoms with Gasteiger partial charge in [0.05, 0.1) is 6.04 Å². The molecule has 0 aromatic heterocycles. The first-order valence-corrected chi connectivity index (χ1v) is 9.49. The summed E-state index contributed by atoms with van der Waals surface area (Å²) in [6.07, 6.45) is 0.337. The molecule has 7 heteroatoms. The van der Waals surface area contributed by atoms with Crippen LogP contribution in [0.25, 0.3) is 0 Å². The Morgan fingerprint density at radius 3 is 2.61 bits per heavy atom. The van der Waals surface area contributed by atoms with Gasteiger partial charge in [0.2, 0.25) is 5.91 Å². The zero-order valence-electron chi connectivity index (χ0n) is 15.7. The average molecular weight is 400 g/mol.